The Morgan fingerprint density at radius 3 is 2.87 bits per heavy atom. The maximum Gasteiger partial charge on any atom is 0.137 e. The zero-order chi connectivity index (χ0) is 11.1. The molecule has 0 spiro atoms. The quantitative estimate of drug-likeness (QED) is 0.695. The van der Waals surface area contributed by atoms with Crippen LogP contribution in [0.25, 0.3) is 0 Å². The number of H-pyrrole nitrogens is 1. The van der Waals surface area contributed by atoms with Gasteiger partial charge in [0, 0.05) is 26.1 Å². The van der Waals surface area contributed by atoms with Gasteiger partial charge in [-0.05, 0) is 5.92 Å². The molecule has 1 aromatic rings. The number of hydrogen-bond donors (Lipinski definition) is 2. The fraction of sp³-hybridized carbons (Fsp3) is 0.800. The summed E-state index contributed by atoms with van der Waals surface area (Å²) in [6.45, 7) is 6.01. The van der Waals surface area contributed by atoms with E-state index in [1.54, 1.807) is 7.11 Å². The molecule has 2 N–H and O–H groups in total. The molecule has 0 aliphatic carbocycles. The van der Waals surface area contributed by atoms with Crippen LogP contribution in [0.3, 0.4) is 0 Å². The molecule has 0 aromatic carbocycles. The van der Waals surface area contributed by atoms with Gasteiger partial charge in [-0.1, -0.05) is 13.8 Å². The normalized spacial score (nSPS) is 13.3. The van der Waals surface area contributed by atoms with Crippen molar-refractivity contribution in [3.63, 3.8) is 0 Å². The first-order chi connectivity index (χ1) is 7.24. The Morgan fingerprint density at radius 1 is 1.53 bits per heavy atom. The van der Waals surface area contributed by atoms with E-state index in [1.165, 1.54) is 6.33 Å². The summed E-state index contributed by atoms with van der Waals surface area (Å²) < 4.78 is 5.15. The summed E-state index contributed by atoms with van der Waals surface area (Å²) in [6, 6.07) is 0.401. The van der Waals surface area contributed by atoms with Crippen molar-refractivity contribution in [2.24, 2.45) is 5.92 Å². The highest BCUT2D eigenvalue weighted by Crippen LogP contribution is 2.01. The summed E-state index contributed by atoms with van der Waals surface area (Å²) in [4.78, 5) is 4.07. The average Bonchev–Trinajstić information content (AvgIpc) is 2.69. The van der Waals surface area contributed by atoms with Crippen molar-refractivity contribution in [2.45, 2.75) is 26.3 Å². The maximum absolute atomic E-state index is 5.15. The van der Waals surface area contributed by atoms with Gasteiger partial charge >= 0.3 is 0 Å². The first-order valence-electron chi connectivity index (χ1n) is 5.30. The molecular weight excluding hydrogens is 192 g/mol. The number of nitrogens with zero attached hydrogens (tertiary/aromatic N) is 2. The number of rotatable bonds is 7. The predicted molar refractivity (Wildman–Crippen MR) is 58.6 cm³/mol. The van der Waals surface area contributed by atoms with E-state index in [0.29, 0.717) is 12.0 Å². The van der Waals surface area contributed by atoms with Crippen LogP contribution >= 0.6 is 0 Å². The van der Waals surface area contributed by atoms with Crippen LogP contribution in [-0.4, -0.2) is 41.5 Å². The molecule has 0 amide bonds. The van der Waals surface area contributed by atoms with Crippen LogP contribution < -0.4 is 5.32 Å². The molecule has 0 fully saturated rings. The molecule has 0 saturated heterocycles. The summed E-state index contributed by atoms with van der Waals surface area (Å²) in [6.07, 6.45) is 2.40. The molecule has 1 atom stereocenters. The summed E-state index contributed by atoms with van der Waals surface area (Å²) in [5.74, 6) is 1.49. The van der Waals surface area contributed by atoms with Gasteiger partial charge in [-0.3, -0.25) is 5.10 Å². The van der Waals surface area contributed by atoms with Crippen molar-refractivity contribution in [1.29, 1.82) is 0 Å². The molecule has 0 bridgehead atoms. The summed E-state index contributed by atoms with van der Waals surface area (Å²) >= 11 is 0. The summed E-state index contributed by atoms with van der Waals surface area (Å²) in [5.41, 5.74) is 0. The molecule has 1 aromatic heterocycles. The first kappa shape index (κ1) is 12.1. The Morgan fingerprint density at radius 2 is 2.33 bits per heavy atom. The zero-order valence-corrected chi connectivity index (χ0v) is 9.66. The Bertz CT molecular complexity index is 248. The van der Waals surface area contributed by atoms with Crippen molar-refractivity contribution >= 4 is 0 Å². The number of aromatic nitrogens is 3. The largest absolute Gasteiger partial charge is 0.383 e. The molecule has 0 aliphatic rings. The summed E-state index contributed by atoms with van der Waals surface area (Å²) in [7, 11) is 1.73. The number of hydrogen-bond acceptors (Lipinski definition) is 4. The Labute approximate surface area is 90.6 Å². The molecule has 0 saturated carbocycles. The van der Waals surface area contributed by atoms with Crippen molar-refractivity contribution in [2.75, 3.05) is 20.3 Å². The average molecular weight is 212 g/mol. The van der Waals surface area contributed by atoms with E-state index in [1.807, 2.05) is 0 Å². The van der Waals surface area contributed by atoms with E-state index in [9.17, 15) is 0 Å². The number of ether oxygens (including phenoxy) is 1. The third-order valence-corrected chi connectivity index (χ3v) is 2.38. The molecule has 0 radical (unpaired) electrons. The lowest BCUT2D eigenvalue weighted by atomic mass is 10.1. The molecule has 86 valence electrons. The monoisotopic (exact) mass is 212 g/mol. The van der Waals surface area contributed by atoms with Gasteiger partial charge in [0.25, 0.3) is 0 Å². The van der Waals surface area contributed by atoms with Crippen molar-refractivity contribution in [3.05, 3.63) is 12.2 Å². The second-order valence-electron chi connectivity index (χ2n) is 3.94. The minimum absolute atomic E-state index is 0.401. The molecule has 5 nitrogen and oxygen atoms in total. The zero-order valence-electron chi connectivity index (χ0n) is 9.66. The lowest BCUT2D eigenvalue weighted by Gasteiger charge is -2.21. The van der Waals surface area contributed by atoms with Gasteiger partial charge in [0.15, 0.2) is 0 Å². The van der Waals surface area contributed by atoms with Crippen LogP contribution in [0.4, 0.5) is 0 Å². The number of aromatic amines is 1. The van der Waals surface area contributed by atoms with Gasteiger partial charge in [-0.15, -0.1) is 0 Å². The highest BCUT2D eigenvalue weighted by atomic mass is 16.5. The molecule has 0 aliphatic heterocycles. The second-order valence-corrected chi connectivity index (χ2v) is 3.94. The van der Waals surface area contributed by atoms with Crippen LogP contribution in [0.1, 0.15) is 19.7 Å². The van der Waals surface area contributed by atoms with Gasteiger partial charge in [0.1, 0.15) is 12.2 Å². The Kier molecular flexibility index (Phi) is 5.28. The Hall–Kier alpha value is -0.940. The van der Waals surface area contributed by atoms with Crippen LogP contribution in [-0.2, 0) is 11.2 Å². The van der Waals surface area contributed by atoms with Gasteiger partial charge in [0.2, 0.25) is 0 Å². The third kappa shape index (κ3) is 4.40. The second kappa shape index (κ2) is 6.53. The lowest BCUT2D eigenvalue weighted by Crippen LogP contribution is -2.38. The highest BCUT2D eigenvalue weighted by Gasteiger charge is 2.11. The smallest absolute Gasteiger partial charge is 0.137 e. The predicted octanol–water partition coefficient (Wildman–Crippen LogP) is 0.608. The molecule has 1 rings (SSSR count). The van der Waals surface area contributed by atoms with E-state index in [2.05, 4.69) is 34.3 Å². The van der Waals surface area contributed by atoms with Crippen LogP contribution in [0.2, 0.25) is 0 Å². The lowest BCUT2D eigenvalue weighted by molar-refractivity contribution is 0.147. The third-order valence-electron chi connectivity index (χ3n) is 2.38. The standard InChI is InChI=1S/C10H20N4O/c1-8(2)9(6-15-3)11-5-4-10-12-7-13-14-10/h7-9,11H,4-6H2,1-3H3,(H,12,13,14). The van der Waals surface area contributed by atoms with Gasteiger partial charge in [0.05, 0.1) is 6.61 Å². The van der Waals surface area contributed by atoms with Gasteiger partial charge in [-0.2, -0.15) is 5.10 Å². The number of nitrogens with one attached hydrogen (secondary N) is 2. The fourth-order valence-electron chi connectivity index (χ4n) is 1.39. The van der Waals surface area contributed by atoms with Gasteiger partial charge in [-0.25, -0.2) is 4.98 Å². The van der Waals surface area contributed by atoms with Crippen LogP contribution in [0, 0.1) is 5.92 Å². The van der Waals surface area contributed by atoms with Crippen molar-refractivity contribution in [1.82, 2.24) is 20.5 Å². The van der Waals surface area contributed by atoms with E-state index in [4.69, 9.17) is 4.74 Å². The minimum Gasteiger partial charge on any atom is -0.383 e. The number of methoxy groups -OCH3 is 1. The fourth-order valence-corrected chi connectivity index (χ4v) is 1.39. The van der Waals surface area contributed by atoms with Crippen LogP contribution in [0.5, 0.6) is 0 Å². The SMILES string of the molecule is COCC(NCCc1ncn[nH]1)C(C)C. The van der Waals surface area contributed by atoms with E-state index >= 15 is 0 Å². The molecule has 1 unspecified atom stereocenters. The van der Waals surface area contributed by atoms with E-state index < -0.39 is 0 Å². The van der Waals surface area contributed by atoms with E-state index in [0.717, 1.165) is 25.4 Å². The minimum atomic E-state index is 0.401. The molecule has 1 heterocycles. The highest BCUT2D eigenvalue weighted by molar-refractivity contribution is 4.82. The molecule has 15 heavy (non-hydrogen) atoms. The molecular formula is C10H20N4O. The van der Waals surface area contributed by atoms with Crippen LogP contribution in [0.15, 0.2) is 6.33 Å². The van der Waals surface area contributed by atoms with Crippen molar-refractivity contribution in [3.8, 4) is 0 Å². The van der Waals surface area contributed by atoms with Gasteiger partial charge < -0.3 is 10.1 Å². The summed E-state index contributed by atoms with van der Waals surface area (Å²) in [5, 5.41) is 10.1. The van der Waals surface area contributed by atoms with Crippen molar-refractivity contribution < 1.29 is 4.74 Å². The maximum atomic E-state index is 5.15. The topological polar surface area (TPSA) is 62.8 Å². The Balaban J connectivity index is 2.22. The van der Waals surface area contributed by atoms with E-state index in [-0.39, 0.29) is 0 Å². The molecule has 5 heteroatoms. The first-order valence-corrected chi connectivity index (χ1v) is 5.30.